The van der Waals surface area contributed by atoms with Crippen molar-refractivity contribution in [2.24, 2.45) is 0 Å². The quantitative estimate of drug-likeness (QED) is 0.723. The predicted octanol–water partition coefficient (Wildman–Crippen LogP) is 3.27. The maximum Gasteiger partial charge on any atom is 0.339 e. The topological polar surface area (TPSA) is 73.9 Å². The number of ether oxygens (including phenoxy) is 3. The molecule has 0 unspecified atom stereocenters. The second kappa shape index (κ2) is 8.58. The molecule has 2 aromatic carbocycles. The molecule has 6 heteroatoms. The van der Waals surface area contributed by atoms with Crippen molar-refractivity contribution in [1.29, 1.82) is 0 Å². The molecule has 0 aliphatic heterocycles. The monoisotopic (exact) mass is 369 g/mol. The van der Waals surface area contributed by atoms with Crippen LogP contribution < -0.4 is 14.8 Å². The molecular weight excluding hydrogens is 346 g/mol. The Morgan fingerprint density at radius 2 is 1.85 bits per heavy atom. The van der Waals surface area contributed by atoms with Crippen molar-refractivity contribution >= 4 is 11.9 Å². The lowest BCUT2D eigenvalue weighted by molar-refractivity contribution is -0.130. The molecule has 2 aromatic rings. The molecule has 1 aliphatic rings. The zero-order valence-corrected chi connectivity index (χ0v) is 15.4. The lowest BCUT2D eigenvalue weighted by atomic mass is 10.1. The van der Waals surface area contributed by atoms with Crippen molar-refractivity contribution in [3.05, 3.63) is 59.7 Å². The first-order valence-corrected chi connectivity index (χ1v) is 8.99. The minimum Gasteiger partial charge on any atom is -0.493 e. The predicted molar refractivity (Wildman–Crippen MR) is 99.9 cm³/mol. The molecule has 3 rings (SSSR count). The molecule has 1 atom stereocenters. The molecule has 0 spiro atoms. The van der Waals surface area contributed by atoms with E-state index in [4.69, 9.17) is 14.2 Å². The molecular formula is C21H23NO5. The van der Waals surface area contributed by atoms with Crippen LogP contribution in [0.1, 0.15) is 41.8 Å². The fourth-order valence-corrected chi connectivity index (χ4v) is 2.65. The third-order valence-electron chi connectivity index (χ3n) is 4.19. The van der Waals surface area contributed by atoms with E-state index in [1.807, 2.05) is 13.0 Å². The Bertz CT molecular complexity index is 801. The van der Waals surface area contributed by atoms with Crippen LogP contribution in [0.2, 0.25) is 0 Å². The molecule has 0 bridgehead atoms. The SMILES string of the molecule is CCOc1ccc(C(=O)O[C@H](C(=O)NC2CC2)c2ccccc2)cc1OC. The van der Waals surface area contributed by atoms with Gasteiger partial charge in [-0.3, -0.25) is 4.79 Å². The van der Waals surface area contributed by atoms with E-state index in [-0.39, 0.29) is 17.5 Å². The summed E-state index contributed by atoms with van der Waals surface area (Å²) in [6.45, 7) is 2.35. The summed E-state index contributed by atoms with van der Waals surface area (Å²) >= 11 is 0. The van der Waals surface area contributed by atoms with E-state index in [9.17, 15) is 9.59 Å². The zero-order chi connectivity index (χ0) is 19.2. The van der Waals surface area contributed by atoms with Gasteiger partial charge in [-0.1, -0.05) is 30.3 Å². The van der Waals surface area contributed by atoms with Gasteiger partial charge < -0.3 is 19.5 Å². The summed E-state index contributed by atoms with van der Waals surface area (Å²) in [5.41, 5.74) is 0.914. The molecule has 0 saturated heterocycles. The van der Waals surface area contributed by atoms with Crippen LogP contribution in [-0.4, -0.2) is 31.6 Å². The normalized spacial score (nSPS) is 14.1. The average molecular weight is 369 g/mol. The van der Waals surface area contributed by atoms with Crippen LogP contribution in [0, 0.1) is 0 Å². The van der Waals surface area contributed by atoms with Crippen LogP contribution >= 0.6 is 0 Å². The minimum atomic E-state index is -1.00. The number of hydrogen-bond acceptors (Lipinski definition) is 5. The van der Waals surface area contributed by atoms with Crippen molar-refractivity contribution < 1.29 is 23.8 Å². The largest absolute Gasteiger partial charge is 0.493 e. The van der Waals surface area contributed by atoms with Gasteiger partial charge in [-0.15, -0.1) is 0 Å². The maximum atomic E-state index is 12.7. The Morgan fingerprint density at radius 1 is 1.11 bits per heavy atom. The molecule has 0 heterocycles. The highest BCUT2D eigenvalue weighted by molar-refractivity contribution is 5.93. The highest BCUT2D eigenvalue weighted by Crippen LogP contribution is 2.29. The van der Waals surface area contributed by atoms with Crippen molar-refractivity contribution in [2.75, 3.05) is 13.7 Å². The van der Waals surface area contributed by atoms with Crippen molar-refractivity contribution in [3.8, 4) is 11.5 Å². The van der Waals surface area contributed by atoms with Gasteiger partial charge in [0.1, 0.15) is 0 Å². The van der Waals surface area contributed by atoms with E-state index in [2.05, 4.69) is 5.32 Å². The van der Waals surface area contributed by atoms with Crippen LogP contribution in [0.25, 0.3) is 0 Å². The first kappa shape index (κ1) is 18.8. The fourth-order valence-electron chi connectivity index (χ4n) is 2.65. The number of benzene rings is 2. The van der Waals surface area contributed by atoms with Gasteiger partial charge in [0.2, 0.25) is 6.10 Å². The first-order chi connectivity index (χ1) is 13.1. The number of rotatable bonds is 8. The summed E-state index contributed by atoms with van der Waals surface area (Å²) in [5, 5.41) is 2.90. The van der Waals surface area contributed by atoms with Crippen molar-refractivity contribution in [2.45, 2.75) is 31.9 Å². The first-order valence-electron chi connectivity index (χ1n) is 8.99. The van der Waals surface area contributed by atoms with Crippen molar-refractivity contribution in [1.82, 2.24) is 5.32 Å². The summed E-state index contributed by atoms with van der Waals surface area (Å²) in [5.74, 6) is 0.0683. The summed E-state index contributed by atoms with van der Waals surface area (Å²) < 4.78 is 16.3. The molecule has 1 fully saturated rings. The maximum absolute atomic E-state index is 12.7. The van der Waals surface area contributed by atoms with Gasteiger partial charge in [0.05, 0.1) is 19.3 Å². The summed E-state index contributed by atoms with van der Waals surface area (Å²) in [7, 11) is 1.50. The highest BCUT2D eigenvalue weighted by Gasteiger charge is 2.31. The van der Waals surface area contributed by atoms with Gasteiger partial charge in [0, 0.05) is 11.6 Å². The van der Waals surface area contributed by atoms with Crippen LogP contribution in [0.4, 0.5) is 0 Å². The number of methoxy groups -OCH3 is 1. The molecule has 0 radical (unpaired) electrons. The molecule has 1 N–H and O–H groups in total. The molecule has 27 heavy (non-hydrogen) atoms. The van der Waals surface area contributed by atoms with Gasteiger partial charge in [-0.2, -0.15) is 0 Å². The number of amides is 1. The molecule has 1 amide bonds. The minimum absolute atomic E-state index is 0.174. The van der Waals surface area contributed by atoms with Crippen LogP contribution in [0.5, 0.6) is 11.5 Å². The van der Waals surface area contributed by atoms with Gasteiger partial charge in [-0.05, 0) is 38.0 Å². The van der Waals surface area contributed by atoms with E-state index in [1.54, 1.807) is 42.5 Å². The Morgan fingerprint density at radius 3 is 2.48 bits per heavy atom. The van der Waals surface area contributed by atoms with E-state index in [0.717, 1.165) is 12.8 Å². The number of esters is 1. The Balaban J connectivity index is 1.80. The summed E-state index contributed by atoms with van der Waals surface area (Å²) in [4.78, 5) is 25.3. The number of carbonyl (C=O) groups excluding carboxylic acids is 2. The lowest BCUT2D eigenvalue weighted by Gasteiger charge is -2.18. The van der Waals surface area contributed by atoms with Crippen LogP contribution in [0.3, 0.4) is 0 Å². The fraction of sp³-hybridized carbons (Fsp3) is 0.333. The lowest BCUT2D eigenvalue weighted by Crippen LogP contribution is -2.33. The van der Waals surface area contributed by atoms with Gasteiger partial charge in [0.25, 0.3) is 5.91 Å². The van der Waals surface area contributed by atoms with Gasteiger partial charge in [-0.25, -0.2) is 4.79 Å². The second-order valence-corrected chi connectivity index (χ2v) is 6.28. The zero-order valence-electron chi connectivity index (χ0n) is 15.4. The average Bonchev–Trinajstić information content (AvgIpc) is 3.51. The summed E-state index contributed by atoms with van der Waals surface area (Å²) in [6.07, 6.45) is 0.908. The molecule has 1 aliphatic carbocycles. The highest BCUT2D eigenvalue weighted by atomic mass is 16.5. The standard InChI is InChI=1S/C21H23NO5/c1-3-26-17-12-9-15(13-18(17)25-2)21(24)27-19(14-7-5-4-6-8-14)20(23)22-16-10-11-16/h4-9,12-13,16,19H,3,10-11H2,1-2H3,(H,22,23)/t19-/m0/s1. The summed E-state index contributed by atoms with van der Waals surface area (Å²) in [6, 6.07) is 14.0. The van der Waals surface area contributed by atoms with Gasteiger partial charge in [0.15, 0.2) is 11.5 Å². The smallest absolute Gasteiger partial charge is 0.339 e. The molecule has 1 saturated carbocycles. The Kier molecular flexibility index (Phi) is 5.96. The molecule has 0 aromatic heterocycles. The molecule has 6 nitrogen and oxygen atoms in total. The van der Waals surface area contributed by atoms with Crippen LogP contribution in [0.15, 0.2) is 48.5 Å². The Labute approximate surface area is 158 Å². The van der Waals surface area contributed by atoms with Gasteiger partial charge >= 0.3 is 5.97 Å². The number of carbonyl (C=O) groups is 2. The third kappa shape index (κ3) is 4.78. The van der Waals surface area contributed by atoms with E-state index in [1.165, 1.54) is 7.11 Å². The second-order valence-electron chi connectivity index (χ2n) is 6.28. The van der Waals surface area contributed by atoms with E-state index in [0.29, 0.717) is 23.7 Å². The third-order valence-corrected chi connectivity index (χ3v) is 4.19. The number of nitrogens with one attached hydrogen (secondary N) is 1. The number of hydrogen-bond donors (Lipinski definition) is 1. The van der Waals surface area contributed by atoms with E-state index >= 15 is 0 Å². The molecule has 142 valence electrons. The van der Waals surface area contributed by atoms with E-state index < -0.39 is 12.1 Å². The Hall–Kier alpha value is -3.02. The van der Waals surface area contributed by atoms with Crippen molar-refractivity contribution in [3.63, 3.8) is 0 Å². The van der Waals surface area contributed by atoms with Crippen LogP contribution in [-0.2, 0) is 9.53 Å².